The van der Waals surface area contributed by atoms with Gasteiger partial charge in [0.2, 0.25) is 0 Å². The SMILES string of the molecule is CCCCn1c(=O)[nH]c(=O)c2c(C(=O)OC)cc(-c3ccccc3F)nc21. The third-order valence-electron chi connectivity index (χ3n) is 4.24. The minimum absolute atomic E-state index is 0.0263. The molecule has 3 rings (SSSR count). The quantitative estimate of drug-likeness (QED) is 0.696. The number of methoxy groups -OCH3 is 1. The number of nitrogens with zero attached hydrogens (tertiary/aromatic N) is 2. The normalized spacial score (nSPS) is 10.9. The average molecular weight is 371 g/mol. The van der Waals surface area contributed by atoms with Crippen molar-refractivity contribution >= 4 is 17.0 Å². The predicted molar refractivity (Wildman–Crippen MR) is 98.3 cm³/mol. The Morgan fingerprint density at radius 3 is 2.70 bits per heavy atom. The van der Waals surface area contributed by atoms with E-state index in [4.69, 9.17) is 4.74 Å². The molecule has 8 heteroatoms. The highest BCUT2D eigenvalue weighted by molar-refractivity contribution is 6.03. The van der Waals surface area contributed by atoms with Crippen LogP contribution < -0.4 is 11.2 Å². The number of pyridine rings is 1. The molecule has 1 aromatic carbocycles. The van der Waals surface area contributed by atoms with Gasteiger partial charge in [0, 0.05) is 12.1 Å². The maximum atomic E-state index is 14.3. The van der Waals surface area contributed by atoms with Gasteiger partial charge in [0.25, 0.3) is 5.56 Å². The number of hydrogen-bond acceptors (Lipinski definition) is 5. The van der Waals surface area contributed by atoms with Gasteiger partial charge in [0.15, 0.2) is 5.65 Å². The Morgan fingerprint density at radius 1 is 1.30 bits per heavy atom. The third-order valence-corrected chi connectivity index (χ3v) is 4.24. The molecule has 2 aromatic heterocycles. The largest absolute Gasteiger partial charge is 0.465 e. The minimum Gasteiger partial charge on any atom is -0.465 e. The molecule has 0 saturated carbocycles. The first-order valence-electron chi connectivity index (χ1n) is 8.49. The number of unbranched alkanes of at least 4 members (excludes halogenated alkanes) is 1. The first kappa shape index (κ1) is 18.5. The Hall–Kier alpha value is -3.29. The Labute approximate surface area is 153 Å². The van der Waals surface area contributed by atoms with Crippen molar-refractivity contribution in [3.63, 3.8) is 0 Å². The van der Waals surface area contributed by atoms with Gasteiger partial charge in [0.05, 0.1) is 23.8 Å². The number of benzene rings is 1. The van der Waals surface area contributed by atoms with Gasteiger partial charge in [0.1, 0.15) is 5.82 Å². The number of hydrogen-bond donors (Lipinski definition) is 1. The van der Waals surface area contributed by atoms with Crippen molar-refractivity contribution in [2.45, 2.75) is 26.3 Å². The van der Waals surface area contributed by atoms with Crippen LogP contribution in [0.5, 0.6) is 0 Å². The van der Waals surface area contributed by atoms with Crippen LogP contribution in [0.15, 0.2) is 39.9 Å². The standard InChI is InChI=1S/C19H18FN3O4/c1-3-4-9-23-16-15(17(24)22-19(23)26)12(18(25)27-2)10-14(21-16)11-7-5-6-8-13(11)20/h5-8,10H,3-4,9H2,1-2H3,(H,22,24,26). The molecular weight excluding hydrogens is 353 g/mol. The number of aromatic amines is 1. The molecule has 27 heavy (non-hydrogen) atoms. The summed E-state index contributed by atoms with van der Waals surface area (Å²) in [6.07, 6.45) is 1.48. The number of aromatic nitrogens is 3. The lowest BCUT2D eigenvalue weighted by Crippen LogP contribution is -2.32. The lowest BCUT2D eigenvalue weighted by molar-refractivity contribution is 0.0603. The number of rotatable bonds is 5. The molecule has 3 aromatic rings. The van der Waals surface area contributed by atoms with Crippen molar-refractivity contribution in [1.82, 2.24) is 14.5 Å². The van der Waals surface area contributed by atoms with E-state index in [0.29, 0.717) is 13.0 Å². The number of aryl methyl sites for hydroxylation is 1. The van der Waals surface area contributed by atoms with Gasteiger partial charge in [-0.15, -0.1) is 0 Å². The summed E-state index contributed by atoms with van der Waals surface area (Å²) in [6.45, 7) is 2.26. The number of carbonyl (C=O) groups is 1. The van der Waals surface area contributed by atoms with Crippen molar-refractivity contribution in [3.05, 3.63) is 62.6 Å². The Balaban J connectivity index is 2.44. The number of esters is 1. The van der Waals surface area contributed by atoms with E-state index in [2.05, 4.69) is 9.97 Å². The summed E-state index contributed by atoms with van der Waals surface area (Å²) >= 11 is 0. The average Bonchev–Trinajstić information content (AvgIpc) is 2.66. The van der Waals surface area contributed by atoms with Crippen LogP contribution in [0.25, 0.3) is 22.3 Å². The summed E-state index contributed by atoms with van der Waals surface area (Å²) in [7, 11) is 1.18. The van der Waals surface area contributed by atoms with Crippen molar-refractivity contribution < 1.29 is 13.9 Å². The van der Waals surface area contributed by atoms with Gasteiger partial charge < -0.3 is 4.74 Å². The molecule has 0 atom stereocenters. The highest BCUT2D eigenvalue weighted by Gasteiger charge is 2.21. The van der Waals surface area contributed by atoms with Gasteiger partial charge in [-0.25, -0.2) is 19.0 Å². The van der Waals surface area contributed by atoms with Crippen LogP contribution in [0.3, 0.4) is 0 Å². The van der Waals surface area contributed by atoms with Crippen LogP contribution in [0.4, 0.5) is 4.39 Å². The molecule has 0 fully saturated rings. The van der Waals surface area contributed by atoms with Crippen molar-refractivity contribution in [2.24, 2.45) is 0 Å². The van der Waals surface area contributed by atoms with E-state index in [9.17, 15) is 18.8 Å². The molecule has 0 aliphatic heterocycles. The minimum atomic E-state index is -0.772. The zero-order valence-electron chi connectivity index (χ0n) is 14.9. The van der Waals surface area contributed by atoms with Crippen molar-refractivity contribution in [3.8, 4) is 11.3 Å². The fourth-order valence-electron chi connectivity index (χ4n) is 2.88. The van der Waals surface area contributed by atoms with E-state index in [0.717, 1.165) is 6.42 Å². The van der Waals surface area contributed by atoms with E-state index in [1.54, 1.807) is 6.07 Å². The van der Waals surface area contributed by atoms with Crippen molar-refractivity contribution in [2.75, 3.05) is 7.11 Å². The lowest BCUT2D eigenvalue weighted by Gasteiger charge is -2.13. The summed E-state index contributed by atoms with van der Waals surface area (Å²) in [5.74, 6) is -1.31. The molecule has 0 radical (unpaired) electrons. The van der Waals surface area contributed by atoms with Gasteiger partial charge in [-0.05, 0) is 24.6 Å². The zero-order valence-corrected chi connectivity index (χ0v) is 14.9. The molecular formula is C19H18FN3O4. The smallest absolute Gasteiger partial charge is 0.338 e. The van der Waals surface area contributed by atoms with Crippen LogP contribution >= 0.6 is 0 Å². The van der Waals surface area contributed by atoms with E-state index >= 15 is 0 Å². The van der Waals surface area contributed by atoms with E-state index in [1.165, 1.54) is 35.9 Å². The van der Waals surface area contributed by atoms with Crippen LogP contribution in [-0.4, -0.2) is 27.6 Å². The molecule has 7 nitrogen and oxygen atoms in total. The molecule has 0 bridgehead atoms. The first-order chi connectivity index (χ1) is 13.0. The number of ether oxygens (including phenoxy) is 1. The molecule has 0 spiro atoms. The topological polar surface area (TPSA) is 94.1 Å². The highest BCUT2D eigenvalue weighted by Crippen LogP contribution is 2.25. The molecule has 0 unspecified atom stereocenters. The second-order valence-electron chi connectivity index (χ2n) is 5.99. The second kappa shape index (κ2) is 7.53. The highest BCUT2D eigenvalue weighted by atomic mass is 19.1. The summed E-state index contributed by atoms with van der Waals surface area (Å²) in [5.41, 5.74) is -1.13. The number of H-pyrrole nitrogens is 1. The Morgan fingerprint density at radius 2 is 2.04 bits per heavy atom. The predicted octanol–water partition coefficient (Wildman–Crippen LogP) is 2.48. The summed E-state index contributed by atoms with van der Waals surface area (Å²) < 4.78 is 20.3. The monoisotopic (exact) mass is 371 g/mol. The van der Waals surface area contributed by atoms with E-state index < -0.39 is 23.0 Å². The number of nitrogens with one attached hydrogen (secondary N) is 1. The molecule has 0 amide bonds. The van der Waals surface area contributed by atoms with Gasteiger partial charge in [-0.3, -0.25) is 14.3 Å². The molecule has 140 valence electrons. The fourth-order valence-corrected chi connectivity index (χ4v) is 2.88. The molecule has 0 aliphatic rings. The summed E-state index contributed by atoms with van der Waals surface area (Å²) in [5, 5.41) is -0.0577. The van der Waals surface area contributed by atoms with Crippen LogP contribution in [0, 0.1) is 5.82 Å². The molecule has 0 aliphatic carbocycles. The third kappa shape index (κ3) is 3.38. The summed E-state index contributed by atoms with van der Waals surface area (Å²) in [4.78, 5) is 43.5. The van der Waals surface area contributed by atoms with Crippen LogP contribution in [-0.2, 0) is 11.3 Å². The number of fused-ring (bicyclic) bond motifs is 1. The Kier molecular flexibility index (Phi) is 5.16. The number of halogens is 1. The fraction of sp³-hybridized carbons (Fsp3) is 0.263. The van der Waals surface area contributed by atoms with Gasteiger partial charge >= 0.3 is 11.7 Å². The van der Waals surface area contributed by atoms with Crippen molar-refractivity contribution in [1.29, 1.82) is 0 Å². The van der Waals surface area contributed by atoms with E-state index in [1.807, 2.05) is 6.92 Å². The Bertz CT molecular complexity index is 1130. The van der Waals surface area contributed by atoms with Crippen LogP contribution in [0.2, 0.25) is 0 Å². The van der Waals surface area contributed by atoms with Gasteiger partial charge in [-0.2, -0.15) is 0 Å². The van der Waals surface area contributed by atoms with Gasteiger partial charge in [-0.1, -0.05) is 25.5 Å². The maximum Gasteiger partial charge on any atom is 0.338 e. The lowest BCUT2D eigenvalue weighted by atomic mass is 10.1. The molecule has 1 N–H and O–H groups in total. The first-order valence-corrected chi connectivity index (χ1v) is 8.49. The summed E-state index contributed by atoms with van der Waals surface area (Å²) in [6, 6.07) is 7.23. The molecule has 2 heterocycles. The number of carbonyl (C=O) groups excluding carboxylic acids is 1. The van der Waals surface area contributed by atoms with Crippen LogP contribution in [0.1, 0.15) is 30.1 Å². The zero-order chi connectivity index (χ0) is 19.6. The molecule has 0 saturated heterocycles. The second-order valence-corrected chi connectivity index (χ2v) is 5.99. The maximum absolute atomic E-state index is 14.3. The van der Waals surface area contributed by atoms with E-state index in [-0.39, 0.29) is 27.9 Å².